The number of carbonyl (C=O) groups is 6. The third kappa shape index (κ3) is 1.04. The number of hydrogen-bond acceptors (Lipinski definition) is 6. The Morgan fingerprint density at radius 3 is 0.615 bits per heavy atom. The summed E-state index contributed by atoms with van der Waals surface area (Å²) in [5.41, 5.74) is 0. The Morgan fingerprint density at radius 1 is 0.462 bits per heavy atom. The third-order valence-electron chi connectivity index (χ3n) is 2.89. The van der Waals surface area contributed by atoms with Crippen LogP contribution in [0.25, 0.3) is 0 Å². The van der Waals surface area contributed by atoms with E-state index in [1.54, 1.807) is 0 Å². The maximum atomic E-state index is 10.6. The second kappa shape index (κ2) is 2.72. The predicted molar refractivity (Wildman–Crippen MR) is 40.5 cm³/mol. The van der Waals surface area contributed by atoms with E-state index in [0.717, 1.165) is 0 Å². The van der Waals surface area contributed by atoms with Crippen LogP contribution in [0, 0.1) is 0 Å². The van der Waals surface area contributed by atoms with Gasteiger partial charge in [-0.25, -0.2) is 0 Å². The fraction of sp³-hybridized carbons (Fsp3) is 0. The van der Waals surface area contributed by atoms with E-state index in [4.69, 9.17) is 0 Å². The van der Waals surface area contributed by atoms with Crippen molar-refractivity contribution in [1.82, 2.24) is 0 Å². The van der Waals surface area contributed by atoms with Crippen molar-refractivity contribution >= 4 is 23.1 Å². The molecule has 0 aromatic heterocycles. The molecule has 13 heavy (non-hydrogen) atoms. The van der Waals surface area contributed by atoms with Crippen LogP contribution in [0.3, 0.4) is 0 Å². The Morgan fingerprint density at radius 2 is 0.615 bits per heavy atom. The molecular weight excluding hydrogens is 280 g/mol. The molecule has 0 amide bonds. The van der Waals surface area contributed by atoms with Gasteiger partial charge in [-0.2, -0.15) is 0 Å². The molecule has 0 N–H and O–H groups in total. The molecule has 68 valence electrons. The summed E-state index contributed by atoms with van der Waals surface area (Å²) in [5.74, 6) is 0. The van der Waals surface area contributed by atoms with Gasteiger partial charge in [0.05, 0.1) is 0 Å². The van der Waals surface area contributed by atoms with Gasteiger partial charge in [-0.3, -0.25) is 0 Å². The number of hydrogen-bond donors (Lipinski definition) is 0. The van der Waals surface area contributed by atoms with Gasteiger partial charge in [-0.1, -0.05) is 0 Å². The summed E-state index contributed by atoms with van der Waals surface area (Å²) in [6.07, 6.45) is 0. The third-order valence-corrected chi connectivity index (χ3v) is 19.4. The molecular formula is C6H6CdO6. The van der Waals surface area contributed by atoms with E-state index < -0.39 is 18.1 Å². The molecule has 6 nitrogen and oxygen atoms in total. The van der Waals surface area contributed by atoms with Gasteiger partial charge >= 0.3 is 69.9 Å². The van der Waals surface area contributed by atoms with Crippen LogP contribution in [0.1, 0.15) is 0 Å². The number of rotatable bonds is 6. The molecule has 0 spiro atoms. The second-order valence-corrected chi connectivity index (χ2v) is 30.4. The SMILES string of the molecule is O=[CH][Cd]([CH]=O)([CH]=O)([CH]=O)([CH]=O)[CH]=O. The van der Waals surface area contributed by atoms with Crippen molar-refractivity contribution in [2.45, 2.75) is 0 Å². The van der Waals surface area contributed by atoms with Crippen molar-refractivity contribution in [2.75, 3.05) is 0 Å². The Bertz CT molecular complexity index is 233. The molecule has 0 rings (SSSR count). The standard InChI is InChI=1S/6CHO.Cd/c6*1-2;/h6*1H;. The van der Waals surface area contributed by atoms with E-state index in [2.05, 4.69) is 0 Å². The van der Waals surface area contributed by atoms with Crippen molar-refractivity contribution in [3.05, 3.63) is 0 Å². The van der Waals surface area contributed by atoms with Gasteiger partial charge in [0.25, 0.3) is 0 Å². The van der Waals surface area contributed by atoms with Gasteiger partial charge in [0, 0.05) is 0 Å². The van der Waals surface area contributed by atoms with E-state index >= 15 is 0 Å². The molecule has 0 fully saturated rings. The van der Waals surface area contributed by atoms with Crippen LogP contribution in [0.2, 0.25) is 0 Å². The number of carbonyl (C=O) groups excluding carboxylic acids is 6. The fourth-order valence-electron chi connectivity index (χ4n) is 0.589. The molecule has 0 saturated carbocycles. The van der Waals surface area contributed by atoms with Crippen molar-refractivity contribution < 1.29 is 46.9 Å². The van der Waals surface area contributed by atoms with Crippen molar-refractivity contribution in [3.8, 4) is 0 Å². The summed E-state index contributed by atoms with van der Waals surface area (Å²) in [4.78, 5) is 63.4. The second-order valence-electron chi connectivity index (χ2n) is 4.54. The first kappa shape index (κ1) is 11.9. The normalized spacial score (nSPS) is 12.9. The topological polar surface area (TPSA) is 102 Å². The molecule has 0 radical (unpaired) electrons. The molecule has 7 heteroatoms. The quantitative estimate of drug-likeness (QED) is 0.428. The van der Waals surface area contributed by atoms with Crippen LogP contribution in [-0.4, -0.2) is 23.1 Å². The summed E-state index contributed by atoms with van der Waals surface area (Å²) in [6, 6.07) is 0. The van der Waals surface area contributed by atoms with E-state index in [-0.39, 0.29) is 23.1 Å². The molecule has 0 unspecified atom stereocenters. The maximum absolute atomic E-state index is 10.6. The van der Waals surface area contributed by atoms with Crippen molar-refractivity contribution in [1.29, 1.82) is 0 Å². The molecule has 0 aromatic rings. The van der Waals surface area contributed by atoms with E-state index in [0.29, 0.717) is 0 Å². The Kier molecular flexibility index (Phi) is 2.50. The zero-order chi connectivity index (χ0) is 10.7. The Hall–Kier alpha value is -1.06. The summed E-state index contributed by atoms with van der Waals surface area (Å²) in [7, 11) is 0. The molecule has 0 bridgehead atoms. The van der Waals surface area contributed by atoms with Gasteiger partial charge in [0.2, 0.25) is 0 Å². The minimum absolute atomic E-state index is 0.367. The summed E-state index contributed by atoms with van der Waals surface area (Å²) in [6.45, 7) is 0. The zero-order valence-corrected chi connectivity index (χ0v) is 10.7. The van der Waals surface area contributed by atoms with Gasteiger partial charge < -0.3 is 0 Å². The summed E-state index contributed by atoms with van der Waals surface area (Å²) < 4.78 is -2.20. The molecule has 0 aliphatic heterocycles. The summed E-state index contributed by atoms with van der Waals surface area (Å²) >= 11 is -6.97. The molecule has 0 heterocycles. The van der Waals surface area contributed by atoms with E-state index in [1.165, 1.54) is 0 Å². The zero-order valence-electron chi connectivity index (χ0n) is 6.62. The average Bonchev–Trinajstić information content (AvgIpc) is 2.26. The first-order chi connectivity index (χ1) is 5.97. The average molecular weight is 287 g/mol. The first-order valence-electron chi connectivity index (χ1n) is 3.86. The van der Waals surface area contributed by atoms with Crippen LogP contribution < -0.4 is 0 Å². The van der Waals surface area contributed by atoms with Gasteiger partial charge in [-0.15, -0.1) is 0 Å². The fourth-order valence-corrected chi connectivity index (χ4v) is 3.95. The molecule has 0 aliphatic rings. The Labute approximate surface area is 70.0 Å². The van der Waals surface area contributed by atoms with E-state index in [9.17, 15) is 28.8 Å². The van der Waals surface area contributed by atoms with Crippen LogP contribution in [-0.2, 0) is 46.9 Å². The summed E-state index contributed by atoms with van der Waals surface area (Å²) in [5, 5.41) is 0. The first-order valence-corrected chi connectivity index (χ1v) is 17.8. The molecule has 0 aliphatic carbocycles. The van der Waals surface area contributed by atoms with Crippen molar-refractivity contribution in [3.63, 3.8) is 0 Å². The van der Waals surface area contributed by atoms with Crippen LogP contribution in [0.4, 0.5) is 0 Å². The van der Waals surface area contributed by atoms with E-state index in [1.807, 2.05) is 0 Å². The van der Waals surface area contributed by atoms with Gasteiger partial charge in [0.1, 0.15) is 0 Å². The predicted octanol–water partition coefficient (Wildman–Crippen LogP) is -1.65. The van der Waals surface area contributed by atoms with Crippen molar-refractivity contribution in [2.24, 2.45) is 0 Å². The minimum atomic E-state index is -6.97. The molecule has 0 atom stereocenters. The van der Waals surface area contributed by atoms with Crippen LogP contribution in [0.15, 0.2) is 0 Å². The van der Waals surface area contributed by atoms with Gasteiger partial charge in [0.15, 0.2) is 0 Å². The van der Waals surface area contributed by atoms with Gasteiger partial charge in [-0.05, 0) is 0 Å². The molecule has 0 saturated heterocycles. The van der Waals surface area contributed by atoms with Crippen LogP contribution >= 0.6 is 0 Å². The van der Waals surface area contributed by atoms with Crippen LogP contribution in [0.5, 0.6) is 0 Å². The molecule has 0 aromatic carbocycles. The Balaban J connectivity index is 6.50. The monoisotopic (exact) mass is 288 g/mol.